The van der Waals surface area contributed by atoms with Crippen LogP contribution in [0.1, 0.15) is 22.6 Å². The van der Waals surface area contributed by atoms with Crippen molar-refractivity contribution in [2.75, 3.05) is 38.2 Å². The Hall–Kier alpha value is -3.81. The summed E-state index contributed by atoms with van der Waals surface area (Å²) in [4.78, 5) is 20.9. The molecule has 0 spiro atoms. The number of aryl methyl sites for hydroxylation is 2. The van der Waals surface area contributed by atoms with Gasteiger partial charge in [0, 0.05) is 50.3 Å². The van der Waals surface area contributed by atoms with E-state index in [1.165, 1.54) is 0 Å². The zero-order valence-corrected chi connectivity index (χ0v) is 19.2. The van der Waals surface area contributed by atoms with E-state index < -0.39 is 0 Å². The van der Waals surface area contributed by atoms with Crippen LogP contribution in [-0.2, 0) is 11.4 Å². The molecule has 8 nitrogen and oxygen atoms in total. The standard InChI is InChI=1S/C25H28N4O4/c1-18-22(19(2)33-27-18)17-32-23-6-4-20(16-24(23)31-3)5-7-25(30)29-14-12-28(13-15-29)21-8-10-26-11-9-21/h4-11,16H,12-15,17H2,1-3H3. The van der Waals surface area contributed by atoms with Crippen molar-refractivity contribution >= 4 is 17.7 Å². The number of hydrogen-bond acceptors (Lipinski definition) is 7. The number of carbonyl (C=O) groups excluding carboxylic acids is 1. The lowest BCUT2D eigenvalue weighted by Crippen LogP contribution is -2.48. The summed E-state index contributed by atoms with van der Waals surface area (Å²) in [6.45, 7) is 7.06. The van der Waals surface area contributed by atoms with Crippen molar-refractivity contribution in [2.45, 2.75) is 20.5 Å². The summed E-state index contributed by atoms with van der Waals surface area (Å²) in [6, 6.07) is 9.58. The van der Waals surface area contributed by atoms with Crippen LogP contribution < -0.4 is 14.4 Å². The van der Waals surface area contributed by atoms with E-state index >= 15 is 0 Å². The van der Waals surface area contributed by atoms with Crippen LogP contribution in [0.3, 0.4) is 0 Å². The molecule has 1 saturated heterocycles. The van der Waals surface area contributed by atoms with Gasteiger partial charge in [-0.25, -0.2) is 0 Å². The van der Waals surface area contributed by atoms with Crippen LogP contribution in [-0.4, -0.2) is 54.2 Å². The molecule has 4 rings (SSSR count). The van der Waals surface area contributed by atoms with Gasteiger partial charge in [-0.15, -0.1) is 0 Å². The first kappa shape index (κ1) is 22.4. The average molecular weight is 449 g/mol. The molecule has 0 unspecified atom stereocenters. The van der Waals surface area contributed by atoms with E-state index in [2.05, 4.69) is 15.0 Å². The third-order valence-electron chi connectivity index (χ3n) is 5.78. The SMILES string of the molecule is COc1cc(C=CC(=O)N2CCN(c3ccncc3)CC2)ccc1OCc1c(C)noc1C. The third-order valence-corrected chi connectivity index (χ3v) is 5.78. The van der Waals surface area contributed by atoms with Gasteiger partial charge in [0.05, 0.1) is 18.4 Å². The number of rotatable bonds is 7. The molecule has 0 bridgehead atoms. The number of benzene rings is 1. The minimum Gasteiger partial charge on any atom is -0.493 e. The van der Waals surface area contributed by atoms with Gasteiger partial charge in [0.25, 0.3) is 0 Å². The monoisotopic (exact) mass is 448 g/mol. The van der Waals surface area contributed by atoms with E-state index in [-0.39, 0.29) is 5.91 Å². The predicted molar refractivity (Wildman–Crippen MR) is 125 cm³/mol. The normalized spacial score (nSPS) is 14.0. The number of methoxy groups -OCH3 is 1. The number of piperazine rings is 1. The van der Waals surface area contributed by atoms with Crippen molar-refractivity contribution in [3.63, 3.8) is 0 Å². The Morgan fingerprint density at radius 2 is 1.85 bits per heavy atom. The maximum absolute atomic E-state index is 12.7. The highest BCUT2D eigenvalue weighted by molar-refractivity contribution is 5.92. The van der Waals surface area contributed by atoms with E-state index in [0.717, 1.165) is 41.4 Å². The Bertz CT molecular complexity index is 1100. The second-order valence-corrected chi connectivity index (χ2v) is 7.85. The van der Waals surface area contributed by atoms with Crippen LogP contribution in [0.15, 0.2) is 53.3 Å². The van der Waals surface area contributed by atoms with Gasteiger partial charge >= 0.3 is 0 Å². The molecule has 1 amide bonds. The van der Waals surface area contributed by atoms with Crippen LogP contribution in [0, 0.1) is 13.8 Å². The maximum atomic E-state index is 12.7. The lowest BCUT2D eigenvalue weighted by molar-refractivity contribution is -0.126. The van der Waals surface area contributed by atoms with Crippen LogP contribution in [0.2, 0.25) is 0 Å². The molecule has 1 aliphatic heterocycles. The van der Waals surface area contributed by atoms with Crippen LogP contribution in [0.25, 0.3) is 6.08 Å². The summed E-state index contributed by atoms with van der Waals surface area (Å²) in [5.74, 6) is 1.96. The minimum absolute atomic E-state index is 0.00193. The number of aromatic nitrogens is 2. The summed E-state index contributed by atoms with van der Waals surface area (Å²) in [6.07, 6.45) is 6.99. The molecule has 3 aromatic rings. The van der Waals surface area contributed by atoms with Crippen molar-refractivity contribution in [1.82, 2.24) is 15.0 Å². The fourth-order valence-electron chi connectivity index (χ4n) is 3.78. The smallest absolute Gasteiger partial charge is 0.246 e. The zero-order valence-electron chi connectivity index (χ0n) is 19.2. The van der Waals surface area contributed by atoms with E-state index in [1.807, 2.05) is 49.1 Å². The molecular weight excluding hydrogens is 420 g/mol. The van der Waals surface area contributed by atoms with Crippen LogP contribution >= 0.6 is 0 Å². The van der Waals surface area contributed by atoms with Gasteiger partial charge in [-0.05, 0) is 49.8 Å². The van der Waals surface area contributed by atoms with Gasteiger partial charge in [-0.3, -0.25) is 9.78 Å². The molecule has 0 N–H and O–H groups in total. The molecule has 3 heterocycles. The van der Waals surface area contributed by atoms with E-state index in [1.54, 1.807) is 31.7 Å². The van der Waals surface area contributed by atoms with Crippen molar-refractivity contribution in [2.24, 2.45) is 0 Å². The van der Waals surface area contributed by atoms with E-state index in [4.69, 9.17) is 14.0 Å². The van der Waals surface area contributed by atoms with Gasteiger partial charge in [-0.1, -0.05) is 11.2 Å². The summed E-state index contributed by atoms with van der Waals surface area (Å²) in [5, 5.41) is 3.95. The molecule has 0 aliphatic carbocycles. The largest absolute Gasteiger partial charge is 0.493 e. The van der Waals surface area contributed by atoms with Crippen molar-refractivity contribution in [3.8, 4) is 11.5 Å². The topological polar surface area (TPSA) is 80.9 Å². The number of anilines is 1. The highest BCUT2D eigenvalue weighted by Crippen LogP contribution is 2.30. The lowest BCUT2D eigenvalue weighted by atomic mass is 10.1. The third kappa shape index (κ3) is 5.34. The number of ether oxygens (including phenoxy) is 2. The van der Waals surface area contributed by atoms with Gasteiger partial charge < -0.3 is 23.8 Å². The average Bonchev–Trinajstić information content (AvgIpc) is 3.18. The zero-order chi connectivity index (χ0) is 23.2. The number of amides is 1. The Morgan fingerprint density at radius 1 is 1.09 bits per heavy atom. The first-order chi connectivity index (χ1) is 16.0. The van der Waals surface area contributed by atoms with Gasteiger partial charge in [0.2, 0.25) is 5.91 Å². The molecule has 1 aliphatic rings. The Labute approximate surface area is 193 Å². The molecule has 1 fully saturated rings. The first-order valence-corrected chi connectivity index (χ1v) is 10.9. The summed E-state index contributed by atoms with van der Waals surface area (Å²) >= 11 is 0. The van der Waals surface area contributed by atoms with Crippen LogP contribution in [0.4, 0.5) is 5.69 Å². The van der Waals surface area contributed by atoms with Crippen LogP contribution in [0.5, 0.6) is 11.5 Å². The first-order valence-electron chi connectivity index (χ1n) is 10.9. The van der Waals surface area contributed by atoms with Gasteiger partial charge in [0.1, 0.15) is 12.4 Å². The second-order valence-electron chi connectivity index (χ2n) is 7.85. The molecule has 33 heavy (non-hydrogen) atoms. The second kappa shape index (κ2) is 10.2. The number of hydrogen-bond donors (Lipinski definition) is 0. The van der Waals surface area contributed by atoms with E-state index in [9.17, 15) is 4.79 Å². The molecule has 1 aromatic carbocycles. The quantitative estimate of drug-likeness (QED) is 0.511. The molecule has 0 atom stereocenters. The minimum atomic E-state index is 0.00193. The highest BCUT2D eigenvalue weighted by atomic mass is 16.5. The Morgan fingerprint density at radius 3 is 2.52 bits per heavy atom. The van der Waals surface area contributed by atoms with Crippen molar-refractivity contribution in [1.29, 1.82) is 0 Å². The van der Waals surface area contributed by atoms with Crippen molar-refractivity contribution < 1.29 is 18.8 Å². The maximum Gasteiger partial charge on any atom is 0.246 e. The van der Waals surface area contributed by atoms with Gasteiger partial charge in [0.15, 0.2) is 11.5 Å². The molecule has 0 saturated carbocycles. The predicted octanol–water partition coefficient (Wildman–Crippen LogP) is 3.64. The Balaban J connectivity index is 1.34. The summed E-state index contributed by atoms with van der Waals surface area (Å²) in [5.41, 5.74) is 3.73. The number of pyridine rings is 1. The number of nitrogens with zero attached hydrogens (tertiary/aromatic N) is 4. The summed E-state index contributed by atoms with van der Waals surface area (Å²) < 4.78 is 16.6. The fourth-order valence-corrected chi connectivity index (χ4v) is 3.78. The molecule has 0 radical (unpaired) electrons. The fraction of sp³-hybridized carbons (Fsp3) is 0.320. The molecular formula is C25H28N4O4. The summed E-state index contributed by atoms with van der Waals surface area (Å²) in [7, 11) is 1.60. The Kier molecular flexibility index (Phi) is 6.92. The number of carbonyl (C=O) groups is 1. The highest BCUT2D eigenvalue weighted by Gasteiger charge is 2.20. The van der Waals surface area contributed by atoms with E-state index in [0.29, 0.717) is 31.2 Å². The molecule has 2 aromatic heterocycles. The molecule has 8 heteroatoms. The molecule has 172 valence electrons. The van der Waals surface area contributed by atoms with Crippen molar-refractivity contribution in [3.05, 3.63) is 71.4 Å². The lowest BCUT2D eigenvalue weighted by Gasteiger charge is -2.35. The van der Waals surface area contributed by atoms with Gasteiger partial charge in [-0.2, -0.15) is 0 Å².